The van der Waals surface area contributed by atoms with Gasteiger partial charge in [-0.2, -0.15) is 0 Å². The van der Waals surface area contributed by atoms with Crippen molar-refractivity contribution in [1.29, 1.82) is 0 Å². The lowest BCUT2D eigenvalue weighted by molar-refractivity contribution is -0.148. The second kappa shape index (κ2) is 29.4. The quantitative estimate of drug-likeness (QED) is 0.0277. The Hall–Kier alpha value is -3.93. The molecule has 4 N–H and O–H groups in total. The van der Waals surface area contributed by atoms with Crippen LogP contribution in [0.15, 0.2) is 47.9 Å². The van der Waals surface area contributed by atoms with E-state index < -0.39 is 70.9 Å². The molecule has 6 amide bonds. The predicted octanol–water partition coefficient (Wildman–Crippen LogP) is 7.20. The van der Waals surface area contributed by atoms with E-state index in [0.29, 0.717) is 31.5 Å². The topological polar surface area (TPSA) is 205 Å². The maximum atomic E-state index is 14.7. The number of benzene rings is 1. The number of carbonyl (C=O) groups is 5. The Morgan fingerprint density at radius 3 is 2.07 bits per heavy atom. The van der Waals surface area contributed by atoms with Crippen LogP contribution in [0.2, 0.25) is 32.2 Å². The van der Waals surface area contributed by atoms with E-state index in [1.807, 2.05) is 91.2 Å². The zero-order chi connectivity index (χ0) is 55.0. The molecule has 20 heteroatoms. The van der Waals surface area contributed by atoms with Crippen molar-refractivity contribution in [3.05, 3.63) is 53.9 Å². The molecule has 1 fully saturated rings. The van der Waals surface area contributed by atoms with E-state index in [1.54, 1.807) is 63.7 Å². The molecule has 0 spiro atoms. The third-order valence-electron chi connectivity index (χ3n) is 14.2. The number of thioether (sulfide) groups is 1. The van der Waals surface area contributed by atoms with Crippen LogP contribution in [0.5, 0.6) is 0 Å². The Morgan fingerprint density at radius 1 is 0.877 bits per heavy atom. The van der Waals surface area contributed by atoms with Crippen LogP contribution in [0.1, 0.15) is 105 Å². The summed E-state index contributed by atoms with van der Waals surface area (Å²) < 4.78 is 18.9. The molecule has 0 radical (unpaired) electrons. The minimum absolute atomic E-state index is 0.0269. The van der Waals surface area contributed by atoms with Gasteiger partial charge in [0.2, 0.25) is 23.6 Å². The summed E-state index contributed by atoms with van der Waals surface area (Å²) in [6.07, 6.45) is 4.17. The number of carbonyl (C=O) groups excluding carboxylic acids is 5. The van der Waals surface area contributed by atoms with Crippen LogP contribution in [-0.2, 0) is 32.8 Å². The zero-order valence-corrected chi connectivity index (χ0v) is 50.0. The monoisotopic (exact) mass is 1070 g/mol. The number of hydrogen-bond donors (Lipinski definition) is 4. The summed E-state index contributed by atoms with van der Waals surface area (Å²) in [5.41, 5.74) is 1.72. The van der Waals surface area contributed by atoms with Gasteiger partial charge >= 0.3 is 6.03 Å². The number of likely N-dealkylation sites (tertiary alicyclic amines) is 1. The zero-order valence-electron chi connectivity index (χ0n) is 47.2. The van der Waals surface area contributed by atoms with Crippen LogP contribution in [-0.4, -0.2) is 165 Å². The largest absolute Gasteiger partial charge is 0.455 e. The Bertz CT molecular complexity index is 2060. The van der Waals surface area contributed by atoms with Crippen molar-refractivity contribution in [3.8, 4) is 0 Å². The Labute approximate surface area is 444 Å². The number of aryl methyl sites for hydroxylation is 1. The van der Waals surface area contributed by atoms with Gasteiger partial charge in [-0.25, -0.2) is 14.8 Å². The molecule has 2 heterocycles. The number of nitrogens with one attached hydrogen (secondary N) is 3. The van der Waals surface area contributed by atoms with Gasteiger partial charge in [-0.3, -0.25) is 19.2 Å². The van der Waals surface area contributed by atoms with E-state index in [4.69, 9.17) is 13.6 Å². The Balaban J connectivity index is 1.66. The molecule has 1 aliphatic rings. The van der Waals surface area contributed by atoms with Gasteiger partial charge in [-0.1, -0.05) is 97.0 Å². The minimum Gasteiger partial charge on any atom is -0.455 e. The van der Waals surface area contributed by atoms with Crippen molar-refractivity contribution in [2.75, 3.05) is 46.8 Å². The Kier molecular flexibility index (Phi) is 25.5. The number of amides is 6. The smallest absolute Gasteiger partial charge is 0.317 e. The lowest BCUT2D eigenvalue weighted by Gasteiger charge is -2.41. The number of aliphatic hydroxyl groups excluding tert-OH is 1. The number of aliphatic hydroxyl groups is 1. The SMILES string of the molecule is CC[C@@H](C)[C@H]([C@H](CC(=O)N1CCC[C@@H]1[C@@H](OC)[C@H](C)C(=O)N[C@@H](C)[C@H](O)c1ccccc1)OC)N(C)C(=O)[C@H](NC(=O)[C@@H](C(C)C)N(C)C(=O)NCCC[Si](C)(C)O[Si](C)(C)CSc1ncc(C)cn1)C(C)C. The normalized spacial score (nSPS) is 18.0. The highest BCUT2D eigenvalue weighted by Gasteiger charge is 2.44. The molecule has 1 saturated heterocycles. The number of methoxy groups -OCH3 is 2. The lowest BCUT2D eigenvalue weighted by Crippen LogP contribution is -2.61. The first-order valence-electron chi connectivity index (χ1n) is 26.3. The van der Waals surface area contributed by atoms with Gasteiger partial charge in [0.1, 0.15) is 12.1 Å². The van der Waals surface area contributed by atoms with E-state index in [0.717, 1.165) is 35.0 Å². The van der Waals surface area contributed by atoms with Gasteiger partial charge in [-0.05, 0) is 94.2 Å². The van der Waals surface area contributed by atoms with Crippen molar-refractivity contribution in [1.82, 2.24) is 40.6 Å². The van der Waals surface area contributed by atoms with Gasteiger partial charge in [0, 0.05) is 59.2 Å². The van der Waals surface area contributed by atoms with Gasteiger partial charge < -0.3 is 49.3 Å². The van der Waals surface area contributed by atoms with E-state index in [2.05, 4.69) is 52.1 Å². The summed E-state index contributed by atoms with van der Waals surface area (Å²) >= 11 is 1.63. The van der Waals surface area contributed by atoms with Crippen LogP contribution in [0.4, 0.5) is 4.79 Å². The average molecular weight is 1070 g/mol. The first kappa shape index (κ1) is 63.4. The number of likely N-dealkylation sites (N-methyl/N-ethyl adjacent to an activating group) is 2. The third-order valence-corrected chi connectivity index (χ3v) is 24.0. The highest BCUT2D eigenvalue weighted by molar-refractivity contribution is 8.00. The molecule has 1 aliphatic heterocycles. The molecule has 1 aromatic heterocycles. The first-order chi connectivity index (χ1) is 34.2. The van der Waals surface area contributed by atoms with Crippen molar-refractivity contribution in [2.24, 2.45) is 23.7 Å². The summed E-state index contributed by atoms with van der Waals surface area (Å²) in [7, 11) is 2.29. The Morgan fingerprint density at radius 2 is 1.51 bits per heavy atom. The summed E-state index contributed by atoms with van der Waals surface area (Å²) in [4.78, 5) is 84.3. The van der Waals surface area contributed by atoms with E-state index in [9.17, 15) is 29.1 Å². The second-order valence-electron chi connectivity index (χ2n) is 22.1. The number of nitrogens with zero attached hydrogens (tertiary/aromatic N) is 5. The number of rotatable bonds is 29. The molecule has 2 aromatic rings. The fraction of sp³-hybridized carbons (Fsp3) is 0.717. The van der Waals surface area contributed by atoms with Crippen molar-refractivity contribution in [3.63, 3.8) is 0 Å². The number of hydrogen-bond acceptors (Lipinski definition) is 12. The molecular weight excluding hydrogens is 981 g/mol. The molecule has 0 bridgehead atoms. The van der Waals surface area contributed by atoms with Crippen molar-refractivity contribution in [2.45, 2.75) is 180 Å². The van der Waals surface area contributed by atoms with Gasteiger partial charge in [-0.15, -0.1) is 0 Å². The molecule has 17 nitrogen and oxygen atoms in total. The highest BCUT2D eigenvalue weighted by Crippen LogP contribution is 2.31. The van der Waals surface area contributed by atoms with Crippen molar-refractivity contribution >= 4 is 58.1 Å². The lowest BCUT2D eigenvalue weighted by atomic mass is 9.89. The number of urea groups is 1. The second-order valence-corrected chi connectivity index (χ2v) is 32.2. The summed E-state index contributed by atoms with van der Waals surface area (Å²) in [5.74, 6) is -2.56. The summed E-state index contributed by atoms with van der Waals surface area (Å²) in [6, 6.07) is 6.33. The molecule has 1 aromatic carbocycles. The van der Waals surface area contributed by atoms with Crippen molar-refractivity contribution < 1.29 is 42.7 Å². The number of aromatic nitrogens is 2. The fourth-order valence-electron chi connectivity index (χ4n) is 10.1. The summed E-state index contributed by atoms with van der Waals surface area (Å²) in [6.45, 7) is 26.8. The van der Waals surface area contributed by atoms with E-state index in [1.165, 1.54) is 4.90 Å². The predicted molar refractivity (Wildman–Crippen MR) is 295 cm³/mol. The maximum absolute atomic E-state index is 14.7. The summed E-state index contributed by atoms with van der Waals surface area (Å²) in [5, 5.41) is 21.5. The first-order valence-corrected chi connectivity index (χ1v) is 33.5. The molecule has 0 saturated carbocycles. The average Bonchev–Trinajstić information content (AvgIpc) is 3.83. The van der Waals surface area contributed by atoms with Crippen LogP contribution in [0.25, 0.3) is 0 Å². The van der Waals surface area contributed by atoms with E-state index >= 15 is 0 Å². The standard InChI is InChI=1S/C53H92N8O9SSi2/c1-18-37(7)46(42(68-12)30-43(62)61-28-22-26-41(61)48(69-13)38(8)49(64)57-39(9)47(63)40-24-20-19-21-25-40)59(10)51(66)44(34(2)3)58-50(65)45(35(4)5)60(11)53(67)54-27-23-29-72(14,15)70-73(16,17)33-71-52-55-31-36(6)32-56-52/h19-21,24-25,31-32,34-35,37-39,41-42,44-48,63H,18,22-23,26-30,33H2,1-17H3,(H,54,67)(H,57,64)(H,58,65)/t37-,38+,39+,41-,42+,44-,45-,46-,47+,48+/m1/s1. The highest BCUT2D eigenvalue weighted by atomic mass is 32.2. The van der Waals surface area contributed by atoms with Crippen LogP contribution in [0.3, 0.4) is 0 Å². The van der Waals surface area contributed by atoms with Gasteiger partial charge in [0.25, 0.3) is 0 Å². The third kappa shape index (κ3) is 18.7. The molecular formula is C53H92N8O9SSi2. The molecule has 412 valence electrons. The van der Waals surface area contributed by atoms with E-state index in [-0.39, 0.29) is 54.0 Å². The van der Waals surface area contributed by atoms with Gasteiger partial charge in [0.05, 0.1) is 48.8 Å². The molecule has 3 rings (SSSR count). The van der Waals surface area contributed by atoms with Crippen LogP contribution >= 0.6 is 11.8 Å². The fourth-order valence-corrected chi connectivity index (χ4v) is 20.4. The number of ether oxygens (including phenoxy) is 2. The minimum atomic E-state index is -2.07. The van der Waals surface area contributed by atoms with Crippen LogP contribution < -0.4 is 16.0 Å². The molecule has 73 heavy (non-hydrogen) atoms. The molecule has 0 aliphatic carbocycles. The molecule has 0 unspecified atom stereocenters. The van der Waals surface area contributed by atoms with Crippen LogP contribution in [0, 0.1) is 30.6 Å². The maximum Gasteiger partial charge on any atom is 0.317 e. The molecule has 10 atom stereocenters. The van der Waals surface area contributed by atoms with Gasteiger partial charge in [0.15, 0.2) is 21.8 Å².